The van der Waals surface area contributed by atoms with Crippen molar-refractivity contribution in [3.05, 3.63) is 24.3 Å². The second kappa shape index (κ2) is 3.50. The molecule has 0 aliphatic heterocycles. The normalized spacial score (nSPS) is 20.6. The molecule has 0 radical (unpaired) electrons. The molecule has 3 nitrogen and oxygen atoms in total. The molecule has 0 spiro atoms. The van der Waals surface area contributed by atoms with Gasteiger partial charge in [-0.25, -0.2) is 0 Å². The molecule has 0 N–H and O–H groups in total. The van der Waals surface area contributed by atoms with Crippen molar-refractivity contribution in [2.24, 2.45) is 11.8 Å². The molecule has 0 saturated heterocycles. The number of rotatable bonds is 1. The monoisotopic (exact) mass is 158 g/mol. The van der Waals surface area contributed by atoms with Crippen molar-refractivity contribution >= 4 is 5.78 Å². The quantitative estimate of drug-likeness (QED) is 0.570. The smallest absolute Gasteiger partial charge is 0.164 e. The molecule has 0 bridgehead atoms. The Morgan fingerprint density at radius 1 is 1.33 bits per heavy atom. The molecule has 0 saturated carbocycles. The lowest BCUT2D eigenvalue weighted by molar-refractivity contribution is -0.117. The summed E-state index contributed by atoms with van der Waals surface area (Å²) in [4.78, 5) is 11.1. The molecule has 1 aliphatic carbocycles. The Hall–Kier alpha value is -1.87. The van der Waals surface area contributed by atoms with Gasteiger partial charge in [0.2, 0.25) is 0 Å². The lowest BCUT2D eigenvalue weighted by atomic mass is 9.88. The number of allylic oxidation sites excluding steroid dienone is 4. The van der Waals surface area contributed by atoms with E-state index in [4.69, 9.17) is 10.5 Å². The second-order valence-corrected chi connectivity index (χ2v) is 2.41. The van der Waals surface area contributed by atoms with Crippen LogP contribution in [0.4, 0.5) is 0 Å². The van der Waals surface area contributed by atoms with E-state index >= 15 is 0 Å². The predicted octanol–water partition coefficient (Wildman–Crippen LogP) is 0.961. The number of ketones is 1. The molecule has 1 unspecified atom stereocenters. The third kappa shape index (κ3) is 1.41. The highest BCUT2D eigenvalue weighted by Crippen LogP contribution is 2.17. The van der Waals surface area contributed by atoms with Gasteiger partial charge < -0.3 is 0 Å². The summed E-state index contributed by atoms with van der Waals surface area (Å²) >= 11 is 0. The zero-order chi connectivity index (χ0) is 8.97. The van der Waals surface area contributed by atoms with Crippen LogP contribution in [0.5, 0.6) is 0 Å². The number of hydrogen-bond acceptors (Lipinski definition) is 3. The number of carbonyl (C=O) groups excluding carboxylic acids is 1. The maximum Gasteiger partial charge on any atom is 0.164 e. The summed E-state index contributed by atoms with van der Waals surface area (Å²) in [5.74, 6) is -1.62. The van der Waals surface area contributed by atoms with Crippen molar-refractivity contribution < 1.29 is 4.79 Å². The van der Waals surface area contributed by atoms with Crippen LogP contribution in [0.1, 0.15) is 0 Å². The number of nitriles is 2. The fourth-order valence-electron chi connectivity index (χ4n) is 1.01. The van der Waals surface area contributed by atoms with Gasteiger partial charge in [0.1, 0.15) is 5.92 Å². The lowest BCUT2D eigenvalue weighted by Crippen LogP contribution is -2.19. The summed E-state index contributed by atoms with van der Waals surface area (Å²) in [6.45, 7) is 0. The van der Waals surface area contributed by atoms with Gasteiger partial charge in [0.25, 0.3) is 0 Å². The minimum atomic E-state index is -0.862. The van der Waals surface area contributed by atoms with E-state index in [0.717, 1.165) is 0 Å². The molecule has 1 rings (SSSR count). The minimum absolute atomic E-state index is 0.175. The highest BCUT2D eigenvalue weighted by Gasteiger charge is 2.24. The first kappa shape index (κ1) is 8.23. The van der Waals surface area contributed by atoms with Crippen molar-refractivity contribution in [2.45, 2.75) is 0 Å². The average Bonchev–Trinajstić information content (AvgIpc) is 2.10. The molecule has 1 aliphatic rings. The van der Waals surface area contributed by atoms with Gasteiger partial charge in [-0.1, -0.05) is 18.2 Å². The molecular weight excluding hydrogens is 152 g/mol. The molecule has 12 heavy (non-hydrogen) atoms. The molecule has 58 valence electrons. The number of carbonyl (C=O) groups is 1. The maximum absolute atomic E-state index is 11.1. The Morgan fingerprint density at radius 2 is 2.00 bits per heavy atom. The Labute approximate surface area is 70.2 Å². The summed E-state index contributed by atoms with van der Waals surface area (Å²) in [5.41, 5.74) is 0. The zero-order valence-electron chi connectivity index (χ0n) is 6.27. The molecule has 0 amide bonds. The Bertz CT molecular complexity index is 313. The number of nitrogens with zero attached hydrogens (tertiary/aromatic N) is 2. The Kier molecular flexibility index (Phi) is 2.40. The molecule has 0 fully saturated rings. The van der Waals surface area contributed by atoms with Crippen LogP contribution in [0.15, 0.2) is 24.3 Å². The molecule has 0 aromatic carbocycles. The van der Waals surface area contributed by atoms with Crippen LogP contribution in [0.25, 0.3) is 0 Å². The van der Waals surface area contributed by atoms with Gasteiger partial charge in [-0.2, -0.15) is 10.5 Å². The van der Waals surface area contributed by atoms with E-state index in [1.54, 1.807) is 30.4 Å². The van der Waals surface area contributed by atoms with E-state index in [1.807, 2.05) is 0 Å². The largest absolute Gasteiger partial charge is 0.294 e. The Morgan fingerprint density at radius 3 is 2.50 bits per heavy atom. The molecule has 0 heterocycles. The van der Waals surface area contributed by atoms with Crippen LogP contribution in [0.3, 0.4) is 0 Å². The van der Waals surface area contributed by atoms with E-state index in [9.17, 15) is 4.79 Å². The fraction of sp³-hybridized carbons (Fsp3) is 0.222. The van der Waals surface area contributed by atoms with E-state index in [2.05, 4.69) is 0 Å². The minimum Gasteiger partial charge on any atom is -0.294 e. The van der Waals surface area contributed by atoms with Gasteiger partial charge in [0, 0.05) is 0 Å². The maximum atomic E-state index is 11.1. The van der Waals surface area contributed by atoms with Crippen LogP contribution >= 0.6 is 0 Å². The fourth-order valence-corrected chi connectivity index (χ4v) is 1.01. The van der Waals surface area contributed by atoms with Crippen LogP contribution in [0.2, 0.25) is 0 Å². The molecular formula is C9H6N2O. The van der Waals surface area contributed by atoms with Gasteiger partial charge in [-0.15, -0.1) is 0 Å². The van der Waals surface area contributed by atoms with Crippen molar-refractivity contribution in [2.75, 3.05) is 0 Å². The van der Waals surface area contributed by atoms with Gasteiger partial charge in [0.05, 0.1) is 18.1 Å². The van der Waals surface area contributed by atoms with Crippen molar-refractivity contribution in [3.63, 3.8) is 0 Å². The van der Waals surface area contributed by atoms with Gasteiger partial charge >= 0.3 is 0 Å². The molecule has 0 aromatic heterocycles. The Balaban J connectivity index is 2.85. The van der Waals surface area contributed by atoms with Gasteiger partial charge in [-0.05, 0) is 6.08 Å². The standard InChI is InChI=1S/C9H6N2O/c10-5-7(6-11)8-3-1-2-4-9(8)12/h1-4,7-8H. The highest BCUT2D eigenvalue weighted by atomic mass is 16.1. The molecule has 1 atom stereocenters. The summed E-state index contributed by atoms with van der Waals surface area (Å²) in [5, 5.41) is 17.0. The van der Waals surface area contributed by atoms with Gasteiger partial charge in [0.15, 0.2) is 5.78 Å². The first-order chi connectivity index (χ1) is 5.79. The third-order valence-electron chi connectivity index (χ3n) is 1.66. The molecule has 3 heteroatoms. The summed E-state index contributed by atoms with van der Waals surface area (Å²) < 4.78 is 0. The van der Waals surface area contributed by atoms with E-state index in [0.29, 0.717) is 0 Å². The van der Waals surface area contributed by atoms with Crippen molar-refractivity contribution in [1.29, 1.82) is 10.5 Å². The predicted molar refractivity (Wildman–Crippen MR) is 41.5 cm³/mol. The average molecular weight is 158 g/mol. The van der Waals surface area contributed by atoms with Crippen LogP contribution in [-0.4, -0.2) is 5.78 Å². The SMILES string of the molecule is N#CC(C#N)C1C=CC=CC1=O. The first-order valence-electron chi connectivity index (χ1n) is 3.47. The molecule has 0 aromatic rings. The highest BCUT2D eigenvalue weighted by molar-refractivity contribution is 5.95. The van der Waals surface area contributed by atoms with Crippen LogP contribution in [0, 0.1) is 34.5 Å². The van der Waals surface area contributed by atoms with Crippen LogP contribution < -0.4 is 0 Å². The summed E-state index contributed by atoms with van der Waals surface area (Å²) in [7, 11) is 0. The second-order valence-electron chi connectivity index (χ2n) is 2.41. The van der Waals surface area contributed by atoms with Crippen molar-refractivity contribution in [1.82, 2.24) is 0 Å². The van der Waals surface area contributed by atoms with Crippen molar-refractivity contribution in [3.8, 4) is 12.1 Å². The van der Waals surface area contributed by atoms with E-state index < -0.39 is 11.8 Å². The summed E-state index contributed by atoms with van der Waals surface area (Å²) in [6, 6.07) is 3.57. The number of hydrogen-bond donors (Lipinski definition) is 0. The van der Waals surface area contributed by atoms with E-state index in [1.165, 1.54) is 6.08 Å². The van der Waals surface area contributed by atoms with E-state index in [-0.39, 0.29) is 5.78 Å². The summed E-state index contributed by atoms with van der Waals surface area (Å²) in [6.07, 6.45) is 6.24. The third-order valence-corrected chi connectivity index (χ3v) is 1.66. The zero-order valence-corrected chi connectivity index (χ0v) is 6.27. The topological polar surface area (TPSA) is 64.7 Å². The van der Waals surface area contributed by atoms with Crippen LogP contribution in [-0.2, 0) is 4.79 Å². The van der Waals surface area contributed by atoms with Gasteiger partial charge in [-0.3, -0.25) is 4.79 Å². The lowest BCUT2D eigenvalue weighted by Gasteiger charge is -2.10. The first-order valence-corrected chi connectivity index (χ1v) is 3.47.